The Morgan fingerprint density at radius 3 is 2.59 bits per heavy atom. The van der Waals surface area contributed by atoms with Gasteiger partial charge in [-0.2, -0.15) is 0 Å². The van der Waals surface area contributed by atoms with Gasteiger partial charge in [-0.3, -0.25) is 4.99 Å². The van der Waals surface area contributed by atoms with Crippen LogP contribution in [-0.4, -0.2) is 33.3 Å². The van der Waals surface area contributed by atoms with E-state index in [9.17, 15) is 0 Å². The van der Waals surface area contributed by atoms with Crippen molar-refractivity contribution in [2.45, 2.75) is 19.3 Å². The minimum atomic E-state index is 0. The number of aliphatic imine (C=N–C) groups is 1. The molecule has 0 bridgehead atoms. The summed E-state index contributed by atoms with van der Waals surface area (Å²) in [5, 5.41) is 6.74. The van der Waals surface area contributed by atoms with Crippen LogP contribution in [0.2, 0.25) is 0 Å². The lowest BCUT2D eigenvalue weighted by Crippen LogP contribution is -2.32. The molecule has 0 radical (unpaired) electrons. The van der Waals surface area contributed by atoms with Crippen LogP contribution in [0.4, 0.5) is 5.69 Å². The first-order valence-corrected chi connectivity index (χ1v) is 9.08. The zero-order valence-corrected chi connectivity index (χ0v) is 18.4. The first-order valence-electron chi connectivity index (χ1n) is 9.08. The van der Waals surface area contributed by atoms with E-state index in [0.717, 1.165) is 23.9 Å². The van der Waals surface area contributed by atoms with Crippen LogP contribution in [0.25, 0.3) is 0 Å². The van der Waals surface area contributed by atoms with Gasteiger partial charge in [0.1, 0.15) is 0 Å². The monoisotopic (exact) mass is 481 g/mol. The molecule has 1 fully saturated rings. The van der Waals surface area contributed by atoms with Crippen LogP contribution in [-0.2, 0) is 0 Å². The zero-order chi connectivity index (χ0) is 18.4. The third kappa shape index (κ3) is 5.76. The van der Waals surface area contributed by atoms with Gasteiger partial charge in [-0.25, -0.2) is 0 Å². The predicted molar refractivity (Wildman–Crippen MR) is 122 cm³/mol. The van der Waals surface area contributed by atoms with Gasteiger partial charge in [-0.05, 0) is 42.9 Å². The summed E-state index contributed by atoms with van der Waals surface area (Å²) in [4.78, 5) is 4.32. The van der Waals surface area contributed by atoms with Gasteiger partial charge >= 0.3 is 0 Å². The van der Waals surface area contributed by atoms with Crippen molar-refractivity contribution in [1.82, 2.24) is 5.32 Å². The molecule has 1 aliphatic rings. The van der Waals surface area contributed by atoms with E-state index in [0.29, 0.717) is 24.2 Å². The fraction of sp³-hybridized carbons (Fsp3) is 0.381. The van der Waals surface area contributed by atoms with Gasteiger partial charge in [0, 0.05) is 25.3 Å². The van der Waals surface area contributed by atoms with Gasteiger partial charge in [0.2, 0.25) is 0 Å². The topological polar surface area (TPSA) is 54.9 Å². The Hall–Kier alpha value is -1.96. The molecule has 1 aliphatic carbocycles. The van der Waals surface area contributed by atoms with Crippen molar-refractivity contribution in [3.8, 4) is 11.5 Å². The Labute approximate surface area is 178 Å². The SMILES string of the molecule is CCOc1ccc(NC(=NC)NCC2CC2c2ccccc2)cc1OC.I. The molecule has 3 rings (SSSR count). The largest absolute Gasteiger partial charge is 0.493 e. The third-order valence-corrected chi connectivity index (χ3v) is 4.63. The van der Waals surface area contributed by atoms with E-state index in [1.54, 1.807) is 14.2 Å². The third-order valence-electron chi connectivity index (χ3n) is 4.63. The van der Waals surface area contributed by atoms with Crippen LogP contribution in [0.15, 0.2) is 53.5 Å². The predicted octanol–water partition coefficient (Wildman–Crippen LogP) is 4.50. The van der Waals surface area contributed by atoms with Crippen LogP contribution in [0, 0.1) is 5.92 Å². The molecule has 0 aliphatic heterocycles. The highest BCUT2D eigenvalue weighted by Crippen LogP contribution is 2.46. The minimum absolute atomic E-state index is 0. The highest BCUT2D eigenvalue weighted by atomic mass is 127. The summed E-state index contributed by atoms with van der Waals surface area (Å²) in [7, 11) is 3.42. The van der Waals surface area contributed by atoms with Crippen molar-refractivity contribution < 1.29 is 9.47 Å². The molecule has 2 atom stereocenters. The Balaban J connectivity index is 0.00000261. The molecule has 2 aromatic rings. The summed E-state index contributed by atoms with van der Waals surface area (Å²) in [5.41, 5.74) is 2.34. The van der Waals surface area contributed by atoms with E-state index in [-0.39, 0.29) is 24.0 Å². The summed E-state index contributed by atoms with van der Waals surface area (Å²) in [5.74, 6) is 3.53. The molecular formula is C21H28IN3O2. The molecule has 27 heavy (non-hydrogen) atoms. The number of hydrogen-bond acceptors (Lipinski definition) is 3. The van der Waals surface area contributed by atoms with Crippen molar-refractivity contribution >= 4 is 35.6 Å². The summed E-state index contributed by atoms with van der Waals surface area (Å²) >= 11 is 0. The molecule has 6 heteroatoms. The second kappa shape index (κ2) is 10.4. The molecule has 2 N–H and O–H groups in total. The first-order chi connectivity index (χ1) is 12.7. The summed E-state index contributed by atoms with van der Waals surface area (Å²) < 4.78 is 11.0. The number of benzene rings is 2. The quantitative estimate of drug-likeness (QED) is 0.348. The molecule has 146 valence electrons. The van der Waals surface area contributed by atoms with Crippen LogP contribution < -0.4 is 20.1 Å². The summed E-state index contributed by atoms with van der Waals surface area (Å²) in [6.45, 7) is 3.47. The van der Waals surface area contributed by atoms with Crippen molar-refractivity contribution in [2.24, 2.45) is 10.9 Å². The van der Waals surface area contributed by atoms with Crippen molar-refractivity contribution in [3.63, 3.8) is 0 Å². The van der Waals surface area contributed by atoms with Gasteiger partial charge in [0.15, 0.2) is 17.5 Å². The number of rotatable bonds is 7. The van der Waals surface area contributed by atoms with E-state index < -0.39 is 0 Å². The molecule has 0 spiro atoms. The van der Waals surface area contributed by atoms with E-state index in [2.05, 4.69) is 46.0 Å². The Morgan fingerprint density at radius 1 is 1.15 bits per heavy atom. The van der Waals surface area contributed by atoms with E-state index in [4.69, 9.17) is 9.47 Å². The van der Waals surface area contributed by atoms with E-state index in [1.165, 1.54) is 12.0 Å². The molecule has 2 unspecified atom stereocenters. The van der Waals surface area contributed by atoms with Crippen LogP contribution in [0.5, 0.6) is 11.5 Å². The molecular weight excluding hydrogens is 453 g/mol. The maximum Gasteiger partial charge on any atom is 0.195 e. The van der Waals surface area contributed by atoms with Gasteiger partial charge in [-0.1, -0.05) is 30.3 Å². The second-order valence-corrected chi connectivity index (χ2v) is 6.39. The number of nitrogens with one attached hydrogen (secondary N) is 2. The molecule has 5 nitrogen and oxygen atoms in total. The number of methoxy groups -OCH3 is 1. The van der Waals surface area contributed by atoms with Crippen molar-refractivity contribution in [1.29, 1.82) is 0 Å². The molecule has 0 aromatic heterocycles. The lowest BCUT2D eigenvalue weighted by molar-refractivity contribution is 0.311. The number of nitrogens with zero attached hydrogens (tertiary/aromatic N) is 1. The Bertz CT molecular complexity index is 752. The van der Waals surface area contributed by atoms with Gasteiger partial charge < -0.3 is 20.1 Å². The lowest BCUT2D eigenvalue weighted by atomic mass is 10.1. The maximum absolute atomic E-state index is 5.56. The van der Waals surface area contributed by atoms with Crippen molar-refractivity contribution in [3.05, 3.63) is 54.1 Å². The molecule has 0 amide bonds. The average molecular weight is 481 g/mol. The van der Waals surface area contributed by atoms with Crippen LogP contribution >= 0.6 is 24.0 Å². The Morgan fingerprint density at radius 2 is 1.93 bits per heavy atom. The number of guanidine groups is 1. The van der Waals surface area contributed by atoms with Crippen LogP contribution in [0.1, 0.15) is 24.8 Å². The normalized spacial score (nSPS) is 18.3. The number of anilines is 1. The van der Waals surface area contributed by atoms with E-state index in [1.807, 2.05) is 25.1 Å². The minimum Gasteiger partial charge on any atom is -0.493 e. The van der Waals surface area contributed by atoms with Gasteiger partial charge in [0.25, 0.3) is 0 Å². The highest BCUT2D eigenvalue weighted by molar-refractivity contribution is 14.0. The fourth-order valence-corrected chi connectivity index (χ4v) is 3.15. The summed E-state index contributed by atoms with van der Waals surface area (Å²) in [6, 6.07) is 16.5. The fourth-order valence-electron chi connectivity index (χ4n) is 3.15. The second-order valence-electron chi connectivity index (χ2n) is 6.39. The van der Waals surface area contributed by atoms with Crippen LogP contribution in [0.3, 0.4) is 0 Å². The first kappa shape index (κ1) is 21.3. The standard InChI is InChI=1S/C21H27N3O2.HI/c1-4-26-19-11-10-17(13-20(19)25-3)24-21(22-2)23-14-16-12-18(16)15-8-6-5-7-9-15;/h5-11,13,16,18H,4,12,14H2,1-3H3,(H2,22,23,24);1H. The molecule has 1 saturated carbocycles. The molecule has 0 heterocycles. The van der Waals surface area contributed by atoms with Gasteiger partial charge in [0.05, 0.1) is 13.7 Å². The number of ether oxygens (including phenoxy) is 2. The van der Waals surface area contributed by atoms with E-state index >= 15 is 0 Å². The molecule has 0 saturated heterocycles. The molecule has 2 aromatic carbocycles. The summed E-state index contributed by atoms with van der Waals surface area (Å²) in [6.07, 6.45) is 1.23. The average Bonchev–Trinajstić information content (AvgIpc) is 3.46. The lowest BCUT2D eigenvalue weighted by Gasteiger charge is -2.14. The number of halogens is 1. The maximum atomic E-state index is 5.56. The highest BCUT2D eigenvalue weighted by Gasteiger charge is 2.37. The smallest absolute Gasteiger partial charge is 0.195 e. The Kier molecular flexibility index (Phi) is 8.22. The van der Waals surface area contributed by atoms with Gasteiger partial charge in [-0.15, -0.1) is 24.0 Å². The van der Waals surface area contributed by atoms with Crippen molar-refractivity contribution in [2.75, 3.05) is 32.6 Å². The zero-order valence-electron chi connectivity index (χ0n) is 16.1. The number of hydrogen-bond donors (Lipinski definition) is 2.